The molecule has 3 rings (SSSR count). The standard InChI is InChI=1S/C16H14N2O2/c1-9-12(3-2-4-13(9)17)16(20)10-5-6-14-11(7-10)8-15(19)18-14/h2-7H,8,17H2,1H3,(H,18,19). The number of carbonyl (C=O) groups is 2. The Bertz CT molecular complexity index is 735. The van der Waals surface area contributed by atoms with Gasteiger partial charge in [0, 0.05) is 22.5 Å². The fourth-order valence-electron chi connectivity index (χ4n) is 2.43. The van der Waals surface area contributed by atoms with Crippen molar-refractivity contribution in [1.29, 1.82) is 0 Å². The second kappa shape index (κ2) is 4.49. The second-order valence-corrected chi connectivity index (χ2v) is 4.95. The van der Waals surface area contributed by atoms with Crippen molar-refractivity contribution in [2.24, 2.45) is 0 Å². The molecule has 0 bridgehead atoms. The molecule has 0 spiro atoms. The fourth-order valence-corrected chi connectivity index (χ4v) is 2.43. The summed E-state index contributed by atoms with van der Waals surface area (Å²) in [7, 11) is 0. The summed E-state index contributed by atoms with van der Waals surface area (Å²) in [6.45, 7) is 1.83. The van der Waals surface area contributed by atoms with Gasteiger partial charge in [-0.2, -0.15) is 0 Å². The molecule has 0 fully saturated rings. The van der Waals surface area contributed by atoms with Crippen LogP contribution in [-0.2, 0) is 11.2 Å². The number of ketones is 1. The molecule has 0 aromatic heterocycles. The van der Waals surface area contributed by atoms with Crippen molar-refractivity contribution >= 4 is 23.1 Å². The van der Waals surface area contributed by atoms with Crippen molar-refractivity contribution in [3.8, 4) is 0 Å². The predicted octanol–water partition coefficient (Wildman–Crippen LogP) is 2.30. The SMILES string of the molecule is Cc1c(N)cccc1C(=O)c1ccc2c(c1)CC(=O)N2. The third kappa shape index (κ3) is 1.95. The molecule has 3 N–H and O–H groups in total. The molecule has 0 atom stereocenters. The average molecular weight is 266 g/mol. The summed E-state index contributed by atoms with van der Waals surface area (Å²) in [6, 6.07) is 10.6. The van der Waals surface area contributed by atoms with E-state index in [0.717, 1.165) is 16.8 Å². The van der Waals surface area contributed by atoms with Gasteiger partial charge in [-0.15, -0.1) is 0 Å². The van der Waals surface area contributed by atoms with Gasteiger partial charge in [-0.1, -0.05) is 12.1 Å². The zero-order chi connectivity index (χ0) is 14.3. The molecule has 4 nitrogen and oxygen atoms in total. The lowest BCUT2D eigenvalue weighted by Gasteiger charge is -2.08. The summed E-state index contributed by atoms with van der Waals surface area (Å²) < 4.78 is 0. The molecular weight excluding hydrogens is 252 g/mol. The number of benzene rings is 2. The number of nitrogens with two attached hydrogens (primary N) is 1. The fraction of sp³-hybridized carbons (Fsp3) is 0.125. The lowest BCUT2D eigenvalue weighted by molar-refractivity contribution is -0.115. The molecule has 20 heavy (non-hydrogen) atoms. The Balaban J connectivity index is 2.02. The molecule has 0 saturated carbocycles. The Hall–Kier alpha value is -2.62. The van der Waals surface area contributed by atoms with E-state index in [2.05, 4.69) is 5.32 Å². The minimum Gasteiger partial charge on any atom is -0.398 e. The summed E-state index contributed by atoms with van der Waals surface area (Å²) in [5, 5.41) is 2.75. The Labute approximate surface area is 116 Å². The molecule has 2 aromatic rings. The quantitative estimate of drug-likeness (QED) is 0.647. The molecule has 2 aromatic carbocycles. The maximum Gasteiger partial charge on any atom is 0.228 e. The van der Waals surface area contributed by atoms with Crippen LogP contribution >= 0.6 is 0 Å². The molecule has 1 aliphatic rings. The Morgan fingerprint density at radius 3 is 2.85 bits per heavy atom. The van der Waals surface area contributed by atoms with E-state index in [9.17, 15) is 9.59 Å². The van der Waals surface area contributed by atoms with Crippen LogP contribution in [0.25, 0.3) is 0 Å². The van der Waals surface area contributed by atoms with E-state index in [1.54, 1.807) is 36.4 Å². The molecule has 0 unspecified atom stereocenters. The van der Waals surface area contributed by atoms with Crippen molar-refractivity contribution < 1.29 is 9.59 Å². The Kier molecular flexibility index (Phi) is 2.79. The second-order valence-electron chi connectivity index (χ2n) is 4.95. The Morgan fingerprint density at radius 2 is 2.05 bits per heavy atom. The van der Waals surface area contributed by atoms with E-state index < -0.39 is 0 Å². The third-order valence-electron chi connectivity index (χ3n) is 3.61. The number of rotatable bonds is 2. The largest absolute Gasteiger partial charge is 0.398 e. The number of amides is 1. The van der Waals surface area contributed by atoms with Crippen molar-refractivity contribution in [3.63, 3.8) is 0 Å². The number of nitrogen functional groups attached to an aromatic ring is 1. The number of fused-ring (bicyclic) bond motifs is 1. The van der Waals surface area contributed by atoms with Gasteiger partial charge >= 0.3 is 0 Å². The monoisotopic (exact) mass is 266 g/mol. The van der Waals surface area contributed by atoms with E-state index in [1.165, 1.54) is 0 Å². The summed E-state index contributed by atoms with van der Waals surface area (Å²) in [4.78, 5) is 23.9. The van der Waals surface area contributed by atoms with Crippen molar-refractivity contribution in [2.75, 3.05) is 11.1 Å². The van der Waals surface area contributed by atoms with Crippen LogP contribution in [0.5, 0.6) is 0 Å². The van der Waals surface area contributed by atoms with Gasteiger partial charge in [-0.05, 0) is 42.3 Å². The molecule has 0 saturated heterocycles. The maximum atomic E-state index is 12.5. The molecule has 4 heteroatoms. The predicted molar refractivity (Wildman–Crippen MR) is 77.8 cm³/mol. The van der Waals surface area contributed by atoms with E-state index in [4.69, 9.17) is 5.73 Å². The smallest absolute Gasteiger partial charge is 0.228 e. The van der Waals surface area contributed by atoms with Gasteiger partial charge in [0.1, 0.15) is 0 Å². The molecule has 1 amide bonds. The lowest BCUT2D eigenvalue weighted by atomic mass is 9.96. The van der Waals surface area contributed by atoms with Crippen molar-refractivity contribution in [1.82, 2.24) is 0 Å². The molecule has 0 radical (unpaired) electrons. The van der Waals surface area contributed by atoms with Crippen LogP contribution in [0.3, 0.4) is 0 Å². The highest BCUT2D eigenvalue weighted by atomic mass is 16.1. The zero-order valence-corrected chi connectivity index (χ0v) is 11.1. The number of anilines is 2. The number of hydrogen-bond acceptors (Lipinski definition) is 3. The highest BCUT2D eigenvalue weighted by Gasteiger charge is 2.20. The van der Waals surface area contributed by atoms with Gasteiger partial charge in [-0.25, -0.2) is 0 Å². The van der Waals surface area contributed by atoms with Crippen molar-refractivity contribution in [3.05, 3.63) is 58.7 Å². The topological polar surface area (TPSA) is 72.2 Å². The maximum absolute atomic E-state index is 12.5. The van der Waals surface area contributed by atoms with Gasteiger partial charge in [0.25, 0.3) is 0 Å². The van der Waals surface area contributed by atoms with Crippen molar-refractivity contribution in [2.45, 2.75) is 13.3 Å². The zero-order valence-electron chi connectivity index (χ0n) is 11.1. The molecule has 1 aliphatic heterocycles. The first-order valence-corrected chi connectivity index (χ1v) is 6.39. The highest BCUT2D eigenvalue weighted by molar-refractivity contribution is 6.11. The van der Waals surface area contributed by atoms with Gasteiger partial charge in [-0.3, -0.25) is 9.59 Å². The summed E-state index contributed by atoms with van der Waals surface area (Å²) in [5.41, 5.74) is 10.1. The van der Waals surface area contributed by atoms with Crippen LogP contribution in [0.1, 0.15) is 27.0 Å². The summed E-state index contributed by atoms with van der Waals surface area (Å²) >= 11 is 0. The lowest BCUT2D eigenvalue weighted by Crippen LogP contribution is -2.06. The van der Waals surface area contributed by atoms with Crippen LogP contribution < -0.4 is 11.1 Å². The minimum atomic E-state index is -0.0723. The van der Waals surface area contributed by atoms with Crippen LogP contribution in [0.2, 0.25) is 0 Å². The van der Waals surface area contributed by atoms with E-state index in [-0.39, 0.29) is 11.7 Å². The third-order valence-corrected chi connectivity index (χ3v) is 3.61. The number of hydrogen-bond donors (Lipinski definition) is 2. The van der Waals surface area contributed by atoms with E-state index in [1.807, 2.05) is 6.92 Å². The van der Waals surface area contributed by atoms with Gasteiger partial charge in [0.15, 0.2) is 5.78 Å². The minimum absolute atomic E-state index is 0.0373. The van der Waals surface area contributed by atoms with Crippen LogP contribution in [-0.4, -0.2) is 11.7 Å². The van der Waals surface area contributed by atoms with Crippen LogP contribution in [0.15, 0.2) is 36.4 Å². The number of carbonyl (C=O) groups excluding carboxylic acids is 2. The average Bonchev–Trinajstić information content (AvgIpc) is 2.80. The van der Waals surface area contributed by atoms with Gasteiger partial charge in [0.05, 0.1) is 6.42 Å². The first-order valence-electron chi connectivity index (χ1n) is 6.39. The van der Waals surface area contributed by atoms with E-state index in [0.29, 0.717) is 23.2 Å². The molecule has 0 aliphatic carbocycles. The van der Waals surface area contributed by atoms with Gasteiger partial charge in [0.2, 0.25) is 5.91 Å². The normalized spacial score (nSPS) is 12.9. The Morgan fingerprint density at radius 1 is 1.25 bits per heavy atom. The molecular formula is C16H14N2O2. The summed E-state index contributed by atoms with van der Waals surface area (Å²) in [6.07, 6.45) is 0.326. The first-order chi connectivity index (χ1) is 9.56. The number of nitrogens with one attached hydrogen (secondary N) is 1. The van der Waals surface area contributed by atoms with E-state index >= 15 is 0 Å². The van der Waals surface area contributed by atoms with Crippen LogP contribution in [0, 0.1) is 6.92 Å². The van der Waals surface area contributed by atoms with Gasteiger partial charge < -0.3 is 11.1 Å². The molecule has 1 heterocycles. The highest BCUT2D eigenvalue weighted by Crippen LogP contribution is 2.26. The summed E-state index contributed by atoms with van der Waals surface area (Å²) in [5.74, 6) is -0.110. The van der Waals surface area contributed by atoms with Crippen LogP contribution in [0.4, 0.5) is 11.4 Å². The molecule has 100 valence electrons. The first kappa shape index (κ1) is 12.4.